The van der Waals surface area contributed by atoms with Gasteiger partial charge in [-0.1, -0.05) is 0 Å². The summed E-state index contributed by atoms with van der Waals surface area (Å²) in [7, 11) is 0. The highest BCUT2D eigenvalue weighted by molar-refractivity contribution is 6.09. The lowest BCUT2D eigenvalue weighted by atomic mass is 9.91. The number of pyridine rings is 1. The van der Waals surface area contributed by atoms with Gasteiger partial charge < -0.3 is 5.32 Å². The van der Waals surface area contributed by atoms with E-state index in [1.54, 1.807) is 0 Å². The molecule has 0 atom stereocenters. The molecule has 1 aliphatic heterocycles. The molecular weight excluding hydrogens is 357 g/mol. The zero-order valence-corrected chi connectivity index (χ0v) is 14.3. The fourth-order valence-electron chi connectivity index (χ4n) is 3.93. The zero-order chi connectivity index (χ0) is 18.8. The van der Waals surface area contributed by atoms with E-state index in [2.05, 4.69) is 30.7 Å². The van der Waals surface area contributed by atoms with Gasteiger partial charge in [0.25, 0.3) is 0 Å². The number of aryl methyl sites for hydroxylation is 1. The molecule has 1 aromatic carbocycles. The van der Waals surface area contributed by atoms with E-state index in [-0.39, 0.29) is 5.56 Å². The quantitative estimate of drug-likeness (QED) is 0.478. The number of benzene rings is 1. The maximum Gasteiger partial charge on any atom is 0.433 e. The van der Waals surface area contributed by atoms with E-state index in [9.17, 15) is 13.2 Å². The third-order valence-electron chi connectivity index (χ3n) is 5.10. The average Bonchev–Trinajstić information content (AvgIpc) is 3.28. The van der Waals surface area contributed by atoms with Crippen LogP contribution in [-0.4, -0.2) is 31.9 Å². The summed E-state index contributed by atoms with van der Waals surface area (Å²) in [6.45, 7) is 3.16. The lowest BCUT2D eigenvalue weighted by Gasteiger charge is -2.23. The minimum Gasteiger partial charge on any atom is -0.312 e. The highest BCUT2D eigenvalue weighted by Gasteiger charge is 2.37. The fourth-order valence-corrected chi connectivity index (χ4v) is 3.93. The molecule has 4 heterocycles. The molecule has 0 radical (unpaired) electrons. The molecule has 0 bridgehead atoms. The standard InChI is InChI=1S/C18H15F3N6/c1-8-14-13(26-25-8)3-2-12-15(14)9-4-5-22-6-10(9)16(24-12)11-7-23-27-17(11)18(19,20)21/h2-3,7,22H,4-6H2,1H3,(H,23,27)(H,25,26). The van der Waals surface area contributed by atoms with Crippen LogP contribution in [0, 0.1) is 6.92 Å². The molecule has 138 valence electrons. The van der Waals surface area contributed by atoms with Crippen molar-refractivity contribution in [2.24, 2.45) is 0 Å². The van der Waals surface area contributed by atoms with Gasteiger partial charge in [0.05, 0.1) is 28.5 Å². The van der Waals surface area contributed by atoms with Crippen LogP contribution in [-0.2, 0) is 19.1 Å². The Kier molecular flexibility index (Phi) is 3.33. The van der Waals surface area contributed by atoms with Gasteiger partial charge in [0.1, 0.15) is 5.69 Å². The van der Waals surface area contributed by atoms with Crippen LogP contribution in [0.4, 0.5) is 13.2 Å². The Hall–Kier alpha value is -2.94. The molecule has 0 saturated carbocycles. The van der Waals surface area contributed by atoms with Gasteiger partial charge in [-0.15, -0.1) is 0 Å². The number of fused-ring (bicyclic) bond motifs is 5. The van der Waals surface area contributed by atoms with Crippen LogP contribution in [0.3, 0.4) is 0 Å². The van der Waals surface area contributed by atoms with E-state index in [0.717, 1.165) is 39.7 Å². The lowest BCUT2D eigenvalue weighted by Crippen LogP contribution is -2.25. The van der Waals surface area contributed by atoms with Gasteiger partial charge in [-0.3, -0.25) is 10.2 Å². The molecule has 0 unspecified atom stereocenters. The molecule has 0 saturated heterocycles. The number of halogens is 3. The molecule has 27 heavy (non-hydrogen) atoms. The largest absolute Gasteiger partial charge is 0.433 e. The topological polar surface area (TPSA) is 82.3 Å². The highest BCUT2D eigenvalue weighted by atomic mass is 19.4. The van der Waals surface area contributed by atoms with E-state index in [0.29, 0.717) is 24.2 Å². The number of alkyl halides is 3. The highest BCUT2D eigenvalue weighted by Crippen LogP contribution is 2.40. The number of H-pyrrole nitrogens is 2. The van der Waals surface area contributed by atoms with E-state index in [1.807, 2.05) is 19.1 Å². The minimum absolute atomic E-state index is 0.0200. The van der Waals surface area contributed by atoms with Crippen LogP contribution in [0.1, 0.15) is 22.5 Å². The summed E-state index contributed by atoms with van der Waals surface area (Å²) in [5, 5.41) is 18.2. The predicted molar refractivity (Wildman–Crippen MR) is 94.1 cm³/mol. The van der Waals surface area contributed by atoms with Crippen molar-refractivity contribution in [2.45, 2.75) is 26.1 Å². The third kappa shape index (κ3) is 2.34. The van der Waals surface area contributed by atoms with Crippen LogP contribution in [0.25, 0.3) is 33.1 Å². The van der Waals surface area contributed by atoms with E-state index < -0.39 is 11.9 Å². The van der Waals surface area contributed by atoms with Gasteiger partial charge in [-0.05, 0) is 43.1 Å². The maximum atomic E-state index is 13.4. The molecule has 9 heteroatoms. The first-order chi connectivity index (χ1) is 12.9. The normalized spacial score (nSPS) is 14.8. The number of aromatic nitrogens is 5. The number of hydrogen-bond donors (Lipinski definition) is 3. The summed E-state index contributed by atoms with van der Waals surface area (Å²) in [5.74, 6) is 0. The Morgan fingerprint density at radius 2 is 1.85 bits per heavy atom. The van der Waals surface area contributed by atoms with Gasteiger partial charge in [0.2, 0.25) is 0 Å². The van der Waals surface area contributed by atoms with Crippen molar-refractivity contribution in [3.8, 4) is 11.3 Å². The molecule has 5 rings (SSSR count). The number of hydrogen-bond acceptors (Lipinski definition) is 4. The molecule has 0 spiro atoms. The summed E-state index contributed by atoms with van der Waals surface area (Å²) in [6.07, 6.45) is -2.61. The van der Waals surface area contributed by atoms with Crippen LogP contribution >= 0.6 is 0 Å². The molecular formula is C18H15F3N6. The molecule has 3 aromatic heterocycles. The first kappa shape index (κ1) is 16.2. The van der Waals surface area contributed by atoms with Gasteiger partial charge in [-0.2, -0.15) is 23.4 Å². The van der Waals surface area contributed by atoms with Gasteiger partial charge in [0, 0.05) is 23.0 Å². The van der Waals surface area contributed by atoms with E-state index in [4.69, 9.17) is 0 Å². The van der Waals surface area contributed by atoms with Crippen LogP contribution in [0.2, 0.25) is 0 Å². The average molecular weight is 372 g/mol. The summed E-state index contributed by atoms with van der Waals surface area (Å²) < 4.78 is 40.2. The van der Waals surface area contributed by atoms with Crippen molar-refractivity contribution in [3.05, 3.63) is 40.8 Å². The summed E-state index contributed by atoms with van der Waals surface area (Å²) in [6, 6.07) is 3.66. The van der Waals surface area contributed by atoms with Crippen molar-refractivity contribution in [1.29, 1.82) is 0 Å². The minimum atomic E-state index is -4.53. The first-order valence-electron chi connectivity index (χ1n) is 8.56. The summed E-state index contributed by atoms with van der Waals surface area (Å²) >= 11 is 0. The van der Waals surface area contributed by atoms with Crippen molar-refractivity contribution in [1.82, 2.24) is 30.7 Å². The lowest BCUT2D eigenvalue weighted by molar-refractivity contribution is -0.140. The second-order valence-corrected chi connectivity index (χ2v) is 6.70. The monoisotopic (exact) mass is 372 g/mol. The maximum absolute atomic E-state index is 13.4. The Morgan fingerprint density at radius 3 is 2.67 bits per heavy atom. The van der Waals surface area contributed by atoms with Gasteiger partial charge in [0.15, 0.2) is 0 Å². The van der Waals surface area contributed by atoms with Crippen molar-refractivity contribution in [3.63, 3.8) is 0 Å². The Bertz CT molecular complexity index is 1190. The van der Waals surface area contributed by atoms with Crippen LogP contribution in [0.15, 0.2) is 18.3 Å². The summed E-state index contributed by atoms with van der Waals surface area (Å²) in [5.41, 5.74) is 3.66. The first-order valence-corrected chi connectivity index (χ1v) is 8.56. The number of rotatable bonds is 1. The molecule has 4 aromatic rings. The van der Waals surface area contributed by atoms with Crippen molar-refractivity contribution in [2.75, 3.05) is 6.54 Å². The Morgan fingerprint density at radius 1 is 1.04 bits per heavy atom. The van der Waals surface area contributed by atoms with Gasteiger partial charge in [-0.25, -0.2) is 4.98 Å². The molecule has 0 aliphatic carbocycles. The van der Waals surface area contributed by atoms with Crippen molar-refractivity contribution >= 4 is 21.8 Å². The molecule has 0 amide bonds. The third-order valence-corrected chi connectivity index (χ3v) is 5.10. The molecule has 6 nitrogen and oxygen atoms in total. The Balaban J connectivity index is 1.89. The van der Waals surface area contributed by atoms with E-state index in [1.165, 1.54) is 6.20 Å². The Labute approximate surface area is 151 Å². The second-order valence-electron chi connectivity index (χ2n) is 6.70. The van der Waals surface area contributed by atoms with Crippen LogP contribution < -0.4 is 5.32 Å². The molecule has 3 N–H and O–H groups in total. The molecule has 0 fully saturated rings. The van der Waals surface area contributed by atoms with Gasteiger partial charge >= 0.3 is 6.18 Å². The number of aromatic amines is 2. The van der Waals surface area contributed by atoms with Crippen LogP contribution in [0.5, 0.6) is 0 Å². The SMILES string of the molecule is Cc1[nH]nc2ccc3nc(-c4cn[nH]c4C(F)(F)F)c4c(c3c12)CCNC4. The fraction of sp³-hybridized carbons (Fsp3) is 0.278. The summed E-state index contributed by atoms with van der Waals surface area (Å²) in [4.78, 5) is 4.63. The second kappa shape index (κ2) is 5.53. The molecule has 1 aliphatic rings. The zero-order valence-electron chi connectivity index (χ0n) is 14.3. The van der Waals surface area contributed by atoms with E-state index >= 15 is 0 Å². The van der Waals surface area contributed by atoms with Crippen molar-refractivity contribution < 1.29 is 13.2 Å². The number of nitrogens with one attached hydrogen (secondary N) is 3. The predicted octanol–water partition coefficient (Wildman–Crippen LogP) is 3.47. The number of nitrogens with zero attached hydrogens (tertiary/aromatic N) is 3. The smallest absolute Gasteiger partial charge is 0.312 e.